The van der Waals surface area contributed by atoms with Crippen LogP contribution in [0.3, 0.4) is 0 Å². The molecule has 1 aliphatic carbocycles. The number of benzene rings is 1. The Labute approximate surface area is 205 Å². The Morgan fingerprint density at radius 3 is 2.71 bits per heavy atom. The summed E-state index contributed by atoms with van der Waals surface area (Å²) in [5.41, 5.74) is 1.46. The number of halogens is 1. The van der Waals surface area contributed by atoms with E-state index in [0.29, 0.717) is 12.8 Å². The highest BCUT2D eigenvalue weighted by molar-refractivity contribution is 14.0. The molecule has 1 saturated carbocycles. The van der Waals surface area contributed by atoms with Crippen LogP contribution in [0, 0.1) is 0 Å². The van der Waals surface area contributed by atoms with Gasteiger partial charge in [-0.25, -0.2) is 0 Å². The van der Waals surface area contributed by atoms with Gasteiger partial charge < -0.3 is 25.0 Å². The van der Waals surface area contributed by atoms with E-state index in [-0.39, 0.29) is 29.4 Å². The fourth-order valence-corrected chi connectivity index (χ4v) is 5.14. The molecule has 0 atom stereocenters. The summed E-state index contributed by atoms with van der Waals surface area (Å²) in [6, 6.07) is 11.2. The van der Waals surface area contributed by atoms with Crippen LogP contribution in [-0.4, -0.2) is 45.0 Å². The van der Waals surface area contributed by atoms with Crippen molar-refractivity contribution in [3.05, 3.63) is 41.3 Å². The van der Waals surface area contributed by atoms with Crippen molar-refractivity contribution < 1.29 is 9.47 Å². The highest BCUT2D eigenvalue weighted by Crippen LogP contribution is 2.50. The van der Waals surface area contributed by atoms with Gasteiger partial charge >= 0.3 is 0 Å². The molecule has 1 aromatic heterocycles. The average Bonchev–Trinajstić information content (AvgIpc) is 3.16. The third-order valence-corrected chi connectivity index (χ3v) is 7.31. The third-order valence-electron chi connectivity index (χ3n) is 6.38. The molecule has 1 saturated heterocycles. The normalized spacial score (nSPS) is 19.6. The maximum atomic E-state index is 5.58. The molecule has 0 spiro atoms. The maximum absolute atomic E-state index is 5.58. The van der Waals surface area contributed by atoms with Crippen LogP contribution in [0.2, 0.25) is 0 Å². The lowest BCUT2D eigenvalue weighted by Crippen LogP contribution is -2.48. The van der Waals surface area contributed by atoms with Gasteiger partial charge in [-0.1, -0.05) is 6.07 Å². The fourth-order valence-electron chi connectivity index (χ4n) is 4.35. The van der Waals surface area contributed by atoms with Gasteiger partial charge in [-0.15, -0.1) is 35.3 Å². The highest BCUT2D eigenvalue weighted by atomic mass is 127. The fraction of sp³-hybridized carbons (Fsp3) is 0.522. The van der Waals surface area contributed by atoms with E-state index in [1.54, 1.807) is 0 Å². The lowest BCUT2D eigenvalue weighted by molar-refractivity contribution is 0.174. The molecule has 6 nitrogen and oxygen atoms in total. The first-order valence-electron chi connectivity index (χ1n) is 11.0. The lowest BCUT2D eigenvalue weighted by Gasteiger charge is -2.33. The molecule has 2 aromatic rings. The predicted octanol–water partition coefficient (Wildman–Crippen LogP) is 4.35. The van der Waals surface area contributed by atoms with Crippen molar-refractivity contribution in [2.45, 2.75) is 44.1 Å². The van der Waals surface area contributed by atoms with Crippen LogP contribution in [0.1, 0.15) is 38.2 Å². The molecule has 5 rings (SSSR count). The Bertz CT molecular complexity index is 893. The first-order chi connectivity index (χ1) is 14.8. The van der Waals surface area contributed by atoms with E-state index in [9.17, 15) is 0 Å². The number of thiophene rings is 1. The molecule has 8 heteroatoms. The van der Waals surface area contributed by atoms with Gasteiger partial charge in [0.2, 0.25) is 6.79 Å². The Morgan fingerprint density at radius 1 is 1.19 bits per heavy atom. The number of anilines is 1. The standard InChI is InChI=1S/C23H30N4O2S.HI/c1-2-24-22(26-18-7-11-27(12-8-18)21-4-3-13-30-21)25-15-23(9-10-23)17-5-6-19-20(14-17)29-16-28-19;/h3-6,13-14,18H,2,7-12,15-16H2,1H3,(H2,24,25,26);1H. The van der Waals surface area contributed by atoms with E-state index in [1.807, 2.05) is 17.4 Å². The lowest BCUT2D eigenvalue weighted by atomic mass is 9.95. The smallest absolute Gasteiger partial charge is 0.231 e. The minimum Gasteiger partial charge on any atom is -0.454 e. The second-order valence-corrected chi connectivity index (χ2v) is 9.33. The van der Waals surface area contributed by atoms with Crippen molar-refractivity contribution in [1.82, 2.24) is 10.6 Å². The minimum absolute atomic E-state index is 0. The number of nitrogens with one attached hydrogen (secondary N) is 2. The molecule has 168 valence electrons. The van der Waals surface area contributed by atoms with Crippen molar-refractivity contribution in [1.29, 1.82) is 0 Å². The SMILES string of the molecule is CCNC(=NCC1(c2ccc3c(c2)OCO3)CC1)NC1CCN(c2cccs2)CC1.I. The van der Waals surface area contributed by atoms with E-state index in [4.69, 9.17) is 14.5 Å². The van der Waals surface area contributed by atoms with Gasteiger partial charge in [-0.05, 0) is 67.8 Å². The van der Waals surface area contributed by atoms with Crippen molar-refractivity contribution in [3.8, 4) is 11.5 Å². The van der Waals surface area contributed by atoms with E-state index in [1.165, 1.54) is 23.4 Å². The second-order valence-electron chi connectivity index (χ2n) is 8.40. The Kier molecular flexibility index (Phi) is 7.15. The molecule has 31 heavy (non-hydrogen) atoms. The number of hydrogen-bond acceptors (Lipinski definition) is 5. The van der Waals surface area contributed by atoms with Gasteiger partial charge in [-0.3, -0.25) is 4.99 Å². The van der Waals surface area contributed by atoms with Crippen molar-refractivity contribution in [3.63, 3.8) is 0 Å². The topological polar surface area (TPSA) is 58.1 Å². The Hall–Kier alpha value is -1.68. The highest BCUT2D eigenvalue weighted by Gasteiger charge is 2.44. The zero-order valence-corrected chi connectivity index (χ0v) is 21.1. The summed E-state index contributed by atoms with van der Waals surface area (Å²) >= 11 is 1.83. The van der Waals surface area contributed by atoms with Gasteiger partial charge in [0.1, 0.15) is 0 Å². The summed E-state index contributed by atoms with van der Waals surface area (Å²) in [6.07, 6.45) is 4.62. The summed E-state index contributed by atoms with van der Waals surface area (Å²) in [6.45, 7) is 6.31. The molecule has 1 aromatic carbocycles. The molecule has 0 amide bonds. The van der Waals surface area contributed by atoms with Gasteiger partial charge in [0.15, 0.2) is 17.5 Å². The van der Waals surface area contributed by atoms with E-state index < -0.39 is 0 Å². The molecule has 0 unspecified atom stereocenters. The first-order valence-corrected chi connectivity index (χ1v) is 11.9. The number of nitrogens with zero attached hydrogens (tertiary/aromatic N) is 2. The van der Waals surface area contributed by atoms with Crippen molar-refractivity contribution in [2.75, 3.05) is 37.9 Å². The molecular formula is C23H31IN4O2S. The molecule has 3 aliphatic rings. The van der Waals surface area contributed by atoms with Crippen LogP contribution in [0.15, 0.2) is 40.7 Å². The van der Waals surface area contributed by atoms with Gasteiger partial charge in [0, 0.05) is 31.1 Å². The van der Waals surface area contributed by atoms with E-state index in [2.05, 4.69) is 52.1 Å². The maximum Gasteiger partial charge on any atom is 0.231 e. The predicted molar refractivity (Wildman–Crippen MR) is 138 cm³/mol. The Balaban J connectivity index is 0.00000231. The minimum atomic E-state index is 0. The monoisotopic (exact) mass is 554 g/mol. The summed E-state index contributed by atoms with van der Waals surface area (Å²) < 4.78 is 11.0. The third kappa shape index (κ3) is 5.05. The average molecular weight is 554 g/mol. The Morgan fingerprint density at radius 2 is 2.00 bits per heavy atom. The summed E-state index contributed by atoms with van der Waals surface area (Å²) in [5, 5.41) is 10.7. The van der Waals surface area contributed by atoms with Gasteiger partial charge in [0.05, 0.1) is 11.5 Å². The van der Waals surface area contributed by atoms with Gasteiger partial charge in [0.25, 0.3) is 0 Å². The van der Waals surface area contributed by atoms with Crippen LogP contribution in [-0.2, 0) is 5.41 Å². The van der Waals surface area contributed by atoms with Crippen LogP contribution >= 0.6 is 35.3 Å². The van der Waals surface area contributed by atoms with Gasteiger partial charge in [-0.2, -0.15) is 0 Å². The molecule has 0 radical (unpaired) electrons. The number of rotatable bonds is 6. The summed E-state index contributed by atoms with van der Waals surface area (Å²) in [4.78, 5) is 7.48. The molecule has 2 N–H and O–H groups in total. The number of hydrogen-bond donors (Lipinski definition) is 2. The van der Waals surface area contributed by atoms with Crippen LogP contribution in [0.4, 0.5) is 5.00 Å². The van der Waals surface area contributed by atoms with Crippen molar-refractivity contribution in [2.24, 2.45) is 4.99 Å². The number of aliphatic imine (C=N–C) groups is 1. The number of guanidine groups is 1. The zero-order valence-electron chi connectivity index (χ0n) is 17.9. The number of piperidine rings is 1. The molecular weight excluding hydrogens is 523 g/mol. The van der Waals surface area contributed by atoms with Crippen LogP contribution < -0.4 is 25.0 Å². The molecule has 2 fully saturated rings. The summed E-state index contributed by atoms with van der Waals surface area (Å²) in [7, 11) is 0. The van der Waals surface area contributed by atoms with Crippen LogP contribution in [0.25, 0.3) is 0 Å². The molecule has 2 aliphatic heterocycles. The van der Waals surface area contributed by atoms with Crippen molar-refractivity contribution >= 4 is 46.3 Å². The van der Waals surface area contributed by atoms with E-state index >= 15 is 0 Å². The van der Waals surface area contributed by atoms with Crippen LogP contribution in [0.5, 0.6) is 11.5 Å². The zero-order chi connectivity index (χ0) is 20.4. The largest absolute Gasteiger partial charge is 0.454 e. The first kappa shape index (κ1) is 22.5. The molecule has 0 bridgehead atoms. The quantitative estimate of drug-likeness (QED) is 0.316. The van der Waals surface area contributed by atoms with E-state index in [0.717, 1.165) is 56.5 Å². The molecule has 3 heterocycles. The summed E-state index contributed by atoms with van der Waals surface area (Å²) in [5.74, 6) is 2.66. The second kappa shape index (κ2) is 9.85. The number of fused-ring (bicyclic) bond motifs is 1. The number of ether oxygens (including phenoxy) is 2.